The Hall–Kier alpha value is -2.21. The third kappa shape index (κ3) is 3.71. The lowest BCUT2D eigenvalue weighted by Crippen LogP contribution is -2.19. The summed E-state index contributed by atoms with van der Waals surface area (Å²) in [5.74, 6) is 1.44. The van der Waals surface area contributed by atoms with Crippen LogP contribution in [0.1, 0.15) is 19.8 Å². The molecule has 6 nitrogen and oxygen atoms in total. The van der Waals surface area contributed by atoms with Crippen LogP contribution in [0, 0.1) is 0 Å². The maximum absolute atomic E-state index is 5.64. The Morgan fingerprint density at radius 1 is 1.23 bits per heavy atom. The van der Waals surface area contributed by atoms with Gasteiger partial charge in [-0.2, -0.15) is 4.98 Å². The van der Waals surface area contributed by atoms with Gasteiger partial charge < -0.3 is 15.4 Å². The highest BCUT2D eigenvalue weighted by Crippen LogP contribution is 2.21. The van der Waals surface area contributed by atoms with Crippen molar-refractivity contribution in [3.05, 3.63) is 30.6 Å². The highest BCUT2D eigenvalue weighted by atomic mass is 16.5. The minimum atomic E-state index is 0.280. The summed E-state index contributed by atoms with van der Waals surface area (Å²) in [6.45, 7) is 4.45. The molecule has 6 heteroatoms. The Balaban J connectivity index is 1.80. The van der Waals surface area contributed by atoms with Crippen LogP contribution < -0.4 is 10.6 Å². The molecule has 0 spiro atoms. The van der Waals surface area contributed by atoms with E-state index in [0.29, 0.717) is 5.95 Å². The monoisotopic (exact) mass is 299 g/mol. The molecule has 1 atom stereocenters. The number of nitrogens with zero attached hydrogens (tertiary/aromatic N) is 3. The fraction of sp³-hybridized carbons (Fsp3) is 0.438. The van der Waals surface area contributed by atoms with E-state index >= 15 is 0 Å². The van der Waals surface area contributed by atoms with Crippen LogP contribution in [0.25, 0.3) is 11.3 Å². The largest absolute Gasteiger partial charge is 0.376 e. The summed E-state index contributed by atoms with van der Waals surface area (Å²) in [6, 6.07) is 5.86. The number of pyridine rings is 1. The third-order valence-electron chi connectivity index (χ3n) is 3.57. The average molecular weight is 299 g/mol. The Morgan fingerprint density at radius 3 is 2.82 bits per heavy atom. The van der Waals surface area contributed by atoms with Crippen LogP contribution in [-0.4, -0.2) is 40.8 Å². The lowest BCUT2D eigenvalue weighted by molar-refractivity contribution is 0.120. The molecule has 1 aliphatic heterocycles. The number of rotatable bonds is 6. The summed E-state index contributed by atoms with van der Waals surface area (Å²) in [5.41, 5.74) is 1.90. The summed E-state index contributed by atoms with van der Waals surface area (Å²) in [6.07, 6.45) is 6.06. The second-order valence-electron chi connectivity index (χ2n) is 5.24. The summed E-state index contributed by atoms with van der Waals surface area (Å²) in [4.78, 5) is 13.1. The molecule has 22 heavy (non-hydrogen) atoms. The van der Waals surface area contributed by atoms with Crippen LogP contribution >= 0.6 is 0 Å². The minimum absolute atomic E-state index is 0.280. The molecule has 1 aliphatic rings. The number of ether oxygens (including phenoxy) is 1. The van der Waals surface area contributed by atoms with Gasteiger partial charge in [-0.1, -0.05) is 0 Å². The first-order valence-corrected chi connectivity index (χ1v) is 7.74. The summed E-state index contributed by atoms with van der Waals surface area (Å²) < 4.78 is 5.64. The van der Waals surface area contributed by atoms with Gasteiger partial charge in [0.25, 0.3) is 0 Å². The second kappa shape index (κ2) is 7.17. The van der Waals surface area contributed by atoms with E-state index in [-0.39, 0.29) is 6.10 Å². The molecule has 3 heterocycles. The van der Waals surface area contributed by atoms with Crippen LogP contribution in [-0.2, 0) is 4.74 Å². The van der Waals surface area contributed by atoms with Crippen molar-refractivity contribution in [1.29, 1.82) is 0 Å². The molecule has 0 bridgehead atoms. The van der Waals surface area contributed by atoms with Crippen molar-refractivity contribution < 1.29 is 4.74 Å². The summed E-state index contributed by atoms with van der Waals surface area (Å²) in [7, 11) is 0. The highest BCUT2D eigenvalue weighted by Gasteiger charge is 2.15. The molecule has 2 N–H and O–H groups in total. The molecule has 116 valence electrons. The van der Waals surface area contributed by atoms with Crippen LogP contribution in [0.15, 0.2) is 30.6 Å². The molecule has 0 unspecified atom stereocenters. The van der Waals surface area contributed by atoms with E-state index in [9.17, 15) is 0 Å². The molecule has 0 radical (unpaired) electrons. The zero-order valence-corrected chi connectivity index (χ0v) is 12.7. The van der Waals surface area contributed by atoms with Crippen molar-refractivity contribution in [2.24, 2.45) is 0 Å². The normalized spacial score (nSPS) is 17.4. The van der Waals surface area contributed by atoms with Crippen molar-refractivity contribution in [2.75, 3.05) is 30.3 Å². The predicted octanol–water partition coefficient (Wildman–Crippen LogP) is 2.56. The SMILES string of the molecule is CCNc1nc(NC[C@@H]2CCCO2)cc(-c2ccncc2)n1. The minimum Gasteiger partial charge on any atom is -0.376 e. The smallest absolute Gasteiger partial charge is 0.225 e. The molecular weight excluding hydrogens is 278 g/mol. The summed E-state index contributed by atoms with van der Waals surface area (Å²) in [5, 5.41) is 6.54. The van der Waals surface area contributed by atoms with Crippen molar-refractivity contribution in [2.45, 2.75) is 25.9 Å². The molecule has 2 aromatic rings. The molecular formula is C16H21N5O. The first-order chi connectivity index (χ1) is 10.8. The van der Waals surface area contributed by atoms with Gasteiger partial charge in [0.15, 0.2) is 0 Å². The van der Waals surface area contributed by atoms with E-state index in [1.807, 2.05) is 25.1 Å². The van der Waals surface area contributed by atoms with E-state index in [4.69, 9.17) is 4.74 Å². The number of nitrogens with one attached hydrogen (secondary N) is 2. The standard InChI is InChI=1S/C16H21N5O/c1-2-18-16-20-14(12-5-7-17-8-6-12)10-15(21-16)19-11-13-4-3-9-22-13/h5-8,10,13H,2-4,9,11H2,1H3,(H2,18,19,20,21)/t13-/m0/s1. The fourth-order valence-corrected chi connectivity index (χ4v) is 2.47. The van der Waals surface area contributed by atoms with Crippen LogP contribution in [0.3, 0.4) is 0 Å². The number of aromatic nitrogens is 3. The third-order valence-corrected chi connectivity index (χ3v) is 3.57. The van der Waals surface area contributed by atoms with Gasteiger partial charge in [0, 0.05) is 43.7 Å². The molecule has 0 aromatic carbocycles. The topological polar surface area (TPSA) is 72.0 Å². The number of hydrogen-bond donors (Lipinski definition) is 2. The quantitative estimate of drug-likeness (QED) is 0.854. The average Bonchev–Trinajstić information content (AvgIpc) is 3.07. The van der Waals surface area contributed by atoms with Crippen LogP contribution in [0.5, 0.6) is 0 Å². The lowest BCUT2D eigenvalue weighted by atomic mass is 10.2. The second-order valence-corrected chi connectivity index (χ2v) is 5.24. The summed E-state index contributed by atoms with van der Waals surface area (Å²) >= 11 is 0. The van der Waals surface area contributed by atoms with Crippen molar-refractivity contribution in [3.8, 4) is 11.3 Å². The molecule has 1 saturated heterocycles. The van der Waals surface area contributed by atoms with Gasteiger partial charge in [-0.15, -0.1) is 0 Å². The Morgan fingerprint density at radius 2 is 2.09 bits per heavy atom. The van der Waals surface area contributed by atoms with E-state index in [0.717, 1.165) is 49.6 Å². The van der Waals surface area contributed by atoms with E-state index in [1.54, 1.807) is 12.4 Å². The first kappa shape index (κ1) is 14.7. The molecule has 3 rings (SSSR count). The van der Waals surface area contributed by atoms with Gasteiger partial charge in [-0.05, 0) is 31.9 Å². The van der Waals surface area contributed by atoms with Crippen molar-refractivity contribution in [3.63, 3.8) is 0 Å². The van der Waals surface area contributed by atoms with Gasteiger partial charge in [-0.3, -0.25) is 4.98 Å². The van der Waals surface area contributed by atoms with Gasteiger partial charge in [-0.25, -0.2) is 4.98 Å². The number of anilines is 2. The van der Waals surface area contributed by atoms with Crippen LogP contribution in [0.2, 0.25) is 0 Å². The van der Waals surface area contributed by atoms with E-state index < -0.39 is 0 Å². The molecule has 0 amide bonds. The molecule has 0 aliphatic carbocycles. The zero-order chi connectivity index (χ0) is 15.2. The van der Waals surface area contributed by atoms with Crippen LogP contribution in [0.4, 0.5) is 11.8 Å². The fourth-order valence-electron chi connectivity index (χ4n) is 2.47. The highest BCUT2D eigenvalue weighted by molar-refractivity contribution is 5.63. The Bertz CT molecular complexity index is 599. The maximum Gasteiger partial charge on any atom is 0.225 e. The van der Waals surface area contributed by atoms with Gasteiger partial charge in [0.1, 0.15) is 5.82 Å². The zero-order valence-electron chi connectivity index (χ0n) is 12.7. The molecule has 1 fully saturated rings. The first-order valence-electron chi connectivity index (χ1n) is 7.74. The van der Waals surface area contributed by atoms with Crippen molar-refractivity contribution >= 4 is 11.8 Å². The van der Waals surface area contributed by atoms with Gasteiger partial charge in [0.2, 0.25) is 5.95 Å². The molecule has 2 aromatic heterocycles. The van der Waals surface area contributed by atoms with Gasteiger partial charge in [0.05, 0.1) is 11.8 Å². The van der Waals surface area contributed by atoms with E-state index in [2.05, 4.69) is 25.6 Å². The Kier molecular flexibility index (Phi) is 4.80. The maximum atomic E-state index is 5.64. The lowest BCUT2D eigenvalue weighted by Gasteiger charge is -2.13. The van der Waals surface area contributed by atoms with Crippen molar-refractivity contribution in [1.82, 2.24) is 15.0 Å². The predicted molar refractivity (Wildman–Crippen MR) is 86.9 cm³/mol. The van der Waals surface area contributed by atoms with Gasteiger partial charge >= 0.3 is 0 Å². The molecule has 0 saturated carbocycles. The Labute approximate surface area is 130 Å². The van der Waals surface area contributed by atoms with E-state index in [1.165, 1.54) is 0 Å². The number of hydrogen-bond acceptors (Lipinski definition) is 6.